The van der Waals surface area contributed by atoms with Crippen LogP contribution in [0.2, 0.25) is 0 Å². The van der Waals surface area contributed by atoms with Crippen LogP contribution in [-0.2, 0) is 16.1 Å². The van der Waals surface area contributed by atoms with Crippen LogP contribution in [0.4, 0.5) is 0 Å². The van der Waals surface area contributed by atoms with Crippen LogP contribution in [0, 0.1) is 5.41 Å². The Kier molecular flexibility index (Phi) is 8.26. The highest BCUT2D eigenvalue weighted by molar-refractivity contribution is 5.78. The molecule has 0 radical (unpaired) electrons. The summed E-state index contributed by atoms with van der Waals surface area (Å²) in [6, 6.07) is 11.6. The van der Waals surface area contributed by atoms with Crippen molar-refractivity contribution in [2.75, 3.05) is 40.0 Å². The van der Waals surface area contributed by atoms with Crippen LogP contribution in [0.3, 0.4) is 0 Å². The van der Waals surface area contributed by atoms with Crippen molar-refractivity contribution in [3.05, 3.63) is 48.2 Å². The zero-order valence-corrected chi connectivity index (χ0v) is 18.7. The Morgan fingerprint density at radius 2 is 2.03 bits per heavy atom. The molecule has 0 atom stereocenters. The average molecular weight is 428 g/mol. The monoisotopic (exact) mass is 427 g/mol. The highest BCUT2D eigenvalue weighted by Crippen LogP contribution is 2.34. The van der Waals surface area contributed by atoms with Gasteiger partial charge in [0.15, 0.2) is 11.5 Å². The minimum Gasteiger partial charge on any atom is -0.489 e. The van der Waals surface area contributed by atoms with Crippen molar-refractivity contribution < 1.29 is 19.0 Å². The first-order valence-corrected chi connectivity index (χ1v) is 10.8. The predicted octanol–water partition coefficient (Wildman–Crippen LogP) is 3.64. The average Bonchev–Trinajstić information content (AvgIpc) is 2.75. The fourth-order valence-electron chi connectivity index (χ4n) is 3.53. The number of carbonyl (C=O) groups is 1. The summed E-state index contributed by atoms with van der Waals surface area (Å²) < 4.78 is 17.3. The quantitative estimate of drug-likeness (QED) is 0.735. The van der Waals surface area contributed by atoms with Crippen LogP contribution in [0.25, 0.3) is 0 Å². The summed E-state index contributed by atoms with van der Waals surface area (Å²) in [4.78, 5) is 19.0. The second kappa shape index (κ2) is 11.1. The van der Waals surface area contributed by atoms with Gasteiger partial charge >= 0.3 is 0 Å². The standard InChI is InChI=1S/C24H33N3O4/c1-24(2)11-7-14-27(17-22(28)25-13-15-29-3)16-19-8-6-12-26-23(19)31-21-10-5-4-9-20(21)30-18-24/h4-6,8-10,12H,7,11,13-18H2,1-3H3,(H,25,28). The van der Waals surface area contributed by atoms with Gasteiger partial charge in [-0.05, 0) is 43.0 Å². The fourth-order valence-corrected chi connectivity index (χ4v) is 3.53. The predicted molar refractivity (Wildman–Crippen MR) is 119 cm³/mol. The van der Waals surface area contributed by atoms with Crippen molar-refractivity contribution in [3.63, 3.8) is 0 Å². The van der Waals surface area contributed by atoms with E-state index in [1.54, 1.807) is 13.3 Å². The first kappa shape index (κ1) is 23.0. The molecule has 0 fully saturated rings. The van der Waals surface area contributed by atoms with E-state index in [1.807, 2.05) is 36.4 Å². The number of methoxy groups -OCH3 is 1. The maximum absolute atomic E-state index is 12.4. The van der Waals surface area contributed by atoms with Gasteiger partial charge in [-0.1, -0.05) is 32.0 Å². The van der Waals surface area contributed by atoms with E-state index in [0.717, 1.165) is 24.9 Å². The third kappa shape index (κ3) is 7.22. The zero-order valence-electron chi connectivity index (χ0n) is 18.7. The number of amides is 1. The number of hydrogen-bond acceptors (Lipinski definition) is 6. The Morgan fingerprint density at radius 3 is 2.84 bits per heavy atom. The lowest BCUT2D eigenvalue weighted by atomic mass is 9.88. The van der Waals surface area contributed by atoms with Gasteiger partial charge in [-0.25, -0.2) is 4.98 Å². The Bertz CT molecular complexity index is 856. The molecule has 0 spiro atoms. The maximum Gasteiger partial charge on any atom is 0.234 e. The number of carbonyl (C=O) groups excluding carboxylic acids is 1. The molecule has 1 aromatic carbocycles. The van der Waals surface area contributed by atoms with Crippen LogP contribution in [-0.4, -0.2) is 55.7 Å². The van der Waals surface area contributed by atoms with Crippen molar-refractivity contribution in [3.8, 4) is 17.4 Å². The van der Waals surface area contributed by atoms with Gasteiger partial charge in [-0.3, -0.25) is 9.69 Å². The Labute approximate surface area is 184 Å². The number of para-hydroxylation sites is 2. The van der Waals surface area contributed by atoms with E-state index in [1.165, 1.54) is 0 Å². The summed E-state index contributed by atoms with van der Waals surface area (Å²) in [6.45, 7) is 7.67. The molecule has 0 bridgehead atoms. The largest absolute Gasteiger partial charge is 0.489 e. The second-order valence-corrected chi connectivity index (χ2v) is 8.63. The lowest BCUT2D eigenvalue weighted by molar-refractivity contribution is -0.122. The Morgan fingerprint density at radius 1 is 1.23 bits per heavy atom. The summed E-state index contributed by atoms with van der Waals surface area (Å²) in [5.74, 6) is 1.87. The normalized spacial score (nSPS) is 16.9. The molecule has 7 heteroatoms. The highest BCUT2D eigenvalue weighted by Gasteiger charge is 2.23. The van der Waals surface area contributed by atoms with E-state index >= 15 is 0 Å². The lowest BCUT2D eigenvalue weighted by Gasteiger charge is -2.27. The van der Waals surface area contributed by atoms with Crippen molar-refractivity contribution in [2.24, 2.45) is 5.41 Å². The third-order valence-corrected chi connectivity index (χ3v) is 5.24. The van der Waals surface area contributed by atoms with Crippen LogP contribution in [0.15, 0.2) is 42.6 Å². The Hall–Kier alpha value is -2.64. The molecule has 1 N–H and O–H groups in total. The zero-order chi connectivity index (χ0) is 22.1. The SMILES string of the molecule is COCCNC(=O)CN1CCCC(C)(C)COc2ccccc2Oc2ncccc2C1. The number of nitrogens with one attached hydrogen (secondary N) is 1. The molecule has 1 aromatic heterocycles. The van der Waals surface area contributed by atoms with Crippen molar-refractivity contribution in [1.29, 1.82) is 0 Å². The van der Waals surface area contributed by atoms with Gasteiger partial charge in [0.05, 0.1) is 19.8 Å². The van der Waals surface area contributed by atoms with Gasteiger partial charge in [-0.15, -0.1) is 0 Å². The first-order valence-electron chi connectivity index (χ1n) is 10.8. The number of pyridine rings is 1. The molecule has 2 heterocycles. The Balaban J connectivity index is 1.84. The van der Waals surface area contributed by atoms with Gasteiger partial charge in [0.2, 0.25) is 11.8 Å². The smallest absolute Gasteiger partial charge is 0.234 e. The molecular weight excluding hydrogens is 394 g/mol. The summed E-state index contributed by atoms with van der Waals surface area (Å²) in [5, 5.41) is 2.91. The van der Waals surface area contributed by atoms with Crippen molar-refractivity contribution in [1.82, 2.24) is 15.2 Å². The molecule has 3 rings (SSSR count). The molecule has 0 unspecified atom stereocenters. The maximum atomic E-state index is 12.4. The van der Waals surface area contributed by atoms with E-state index in [2.05, 4.69) is 29.0 Å². The van der Waals surface area contributed by atoms with Crippen LogP contribution in [0.1, 0.15) is 32.3 Å². The summed E-state index contributed by atoms with van der Waals surface area (Å²) in [5.41, 5.74) is 0.930. The number of rotatable bonds is 5. The van der Waals surface area contributed by atoms with E-state index in [4.69, 9.17) is 14.2 Å². The number of hydrogen-bond donors (Lipinski definition) is 1. The van der Waals surface area contributed by atoms with Gasteiger partial charge in [0.1, 0.15) is 0 Å². The minimum atomic E-state index is -0.0133. The number of ether oxygens (including phenoxy) is 3. The van der Waals surface area contributed by atoms with Gasteiger partial charge < -0.3 is 19.5 Å². The van der Waals surface area contributed by atoms with E-state index in [-0.39, 0.29) is 11.3 Å². The fraction of sp³-hybridized carbons (Fsp3) is 0.500. The van der Waals surface area contributed by atoms with Gasteiger partial charge in [0, 0.05) is 32.0 Å². The third-order valence-electron chi connectivity index (χ3n) is 5.24. The summed E-state index contributed by atoms with van der Waals surface area (Å²) in [7, 11) is 1.62. The van der Waals surface area contributed by atoms with E-state index < -0.39 is 0 Å². The van der Waals surface area contributed by atoms with Crippen LogP contribution >= 0.6 is 0 Å². The molecule has 7 nitrogen and oxygen atoms in total. The van der Waals surface area contributed by atoms with Gasteiger partial charge in [0.25, 0.3) is 0 Å². The number of aromatic nitrogens is 1. The molecule has 0 saturated heterocycles. The molecule has 0 aliphatic carbocycles. The molecule has 168 valence electrons. The topological polar surface area (TPSA) is 72.9 Å². The van der Waals surface area contributed by atoms with E-state index in [9.17, 15) is 4.79 Å². The summed E-state index contributed by atoms with van der Waals surface area (Å²) in [6.07, 6.45) is 3.66. The molecule has 0 saturated carbocycles. The first-order chi connectivity index (χ1) is 15.0. The highest BCUT2D eigenvalue weighted by atomic mass is 16.5. The molecule has 2 aromatic rings. The number of nitrogens with zero attached hydrogens (tertiary/aromatic N) is 2. The summed E-state index contributed by atoms with van der Waals surface area (Å²) >= 11 is 0. The minimum absolute atomic E-state index is 0.00133. The molecule has 1 aliphatic rings. The van der Waals surface area contributed by atoms with Crippen molar-refractivity contribution in [2.45, 2.75) is 33.2 Å². The molecule has 1 amide bonds. The van der Waals surface area contributed by atoms with Crippen LogP contribution in [0.5, 0.6) is 17.4 Å². The van der Waals surface area contributed by atoms with E-state index in [0.29, 0.717) is 50.2 Å². The second-order valence-electron chi connectivity index (χ2n) is 8.63. The number of benzene rings is 1. The lowest BCUT2D eigenvalue weighted by Crippen LogP contribution is -2.39. The molecule has 31 heavy (non-hydrogen) atoms. The molecular formula is C24H33N3O4. The van der Waals surface area contributed by atoms with Crippen molar-refractivity contribution >= 4 is 5.91 Å². The van der Waals surface area contributed by atoms with Crippen LogP contribution < -0.4 is 14.8 Å². The molecule has 1 aliphatic heterocycles. The number of fused-ring (bicyclic) bond motifs is 2. The van der Waals surface area contributed by atoms with Gasteiger partial charge in [-0.2, -0.15) is 0 Å².